The number of hydrogen-bond donors (Lipinski definition) is 1. The maximum absolute atomic E-state index is 14.0. The zero-order chi connectivity index (χ0) is 13.0. The van der Waals surface area contributed by atoms with Crippen molar-refractivity contribution in [2.75, 3.05) is 0 Å². The summed E-state index contributed by atoms with van der Waals surface area (Å²) in [6.45, 7) is 0. The Morgan fingerprint density at radius 3 is 2.39 bits per heavy atom. The third kappa shape index (κ3) is 1.77. The number of sulfone groups is 1. The molecular weight excluding hydrogens is 253 g/mol. The number of halogens is 1. The fourth-order valence-corrected chi connectivity index (χ4v) is 4.15. The van der Waals surface area contributed by atoms with Crippen LogP contribution in [0.2, 0.25) is 0 Å². The van der Waals surface area contributed by atoms with Gasteiger partial charge in [0.25, 0.3) is 0 Å². The van der Waals surface area contributed by atoms with E-state index in [0.29, 0.717) is 18.4 Å². The minimum atomic E-state index is -3.46. The normalized spacial score (nSPS) is 22.6. The Bertz CT molecular complexity index is 589. The van der Waals surface area contributed by atoms with Gasteiger partial charge in [0.2, 0.25) is 0 Å². The van der Waals surface area contributed by atoms with Gasteiger partial charge in [0, 0.05) is 5.54 Å². The van der Waals surface area contributed by atoms with Crippen molar-refractivity contribution in [3.8, 4) is 0 Å². The Hall–Kier alpha value is -0.940. The molecule has 98 valence electrons. The van der Waals surface area contributed by atoms with Crippen LogP contribution in [0.4, 0.5) is 4.39 Å². The minimum Gasteiger partial charge on any atom is -0.321 e. The van der Waals surface area contributed by atoms with E-state index < -0.39 is 21.2 Å². The first-order valence-electron chi connectivity index (χ1n) is 6.26. The maximum atomic E-state index is 14.0. The van der Waals surface area contributed by atoms with Gasteiger partial charge in [-0.2, -0.15) is 0 Å². The number of rotatable bonds is 3. The third-order valence-corrected chi connectivity index (χ3v) is 6.32. The topological polar surface area (TPSA) is 60.2 Å². The van der Waals surface area contributed by atoms with Gasteiger partial charge in [0.1, 0.15) is 10.7 Å². The second-order valence-corrected chi connectivity index (χ2v) is 7.60. The molecule has 0 unspecified atom stereocenters. The van der Waals surface area contributed by atoms with Crippen LogP contribution in [0.25, 0.3) is 0 Å². The molecule has 2 aliphatic carbocycles. The summed E-state index contributed by atoms with van der Waals surface area (Å²) in [5.74, 6) is -0.656. The third-order valence-electron chi connectivity index (χ3n) is 4.02. The van der Waals surface area contributed by atoms with Crippen molar-refractivity contribution >= 4 is 9.84 Å². The molecule has 18 heavy (non-hydrogen) atoms. The first-order chi connectivity index (χ1) is 8.43. The van der Waals surface area contributed by atoms with E-state index in [4.69, 9.17) is 5.73 Å². The highest BCUT2D eigenvalue weighted by Crippen LogP contribution is 2.40. The van der Waals surface area contributed by atoms with Crippen LogP contribution in [0.1, 0.15) is 37.7 Å². The van der Waals surface area contributed by atoms with Crippen LogP contribution in [-0.4, -0.2) is 13.7 Å². The van der Waals surface area contributed by atoms with E-state index >= 15 is 0 Å². The lowest BCUT2D eigenvalue weighted by atomic mass is 9.73. The molecule has 2 N–H and O–H groups in total. The Morgan fingerprint density at radius 1 is 1.28 bits per heavy atom. The van der Waals surface area contributed by atoms with Crippen LogP contribution < -0.4 is 5.73 Å². The van der Waals surface area contributed by atoms with Crippen molar-refractivity contribution in [1.82, 2.24) is 0 Å². The highest BCUT2D eigenvalue weighted by atomic mass is 32.2. The zero-order valence-electron chi connectivity index (χ0n) is 10.0. The molecule has 2 fully saturated rings. The Kier molecular flexibility index (Phi) is 2.54. The van der Waals surface area contributed by atoms with Crippen molar-refractivity contribution in [3.63, 3.8) is 0 Å². The Labute approximate surface area is 106 Å². The van der Waals surface area contributed by atoms with Gasteiger partial charge in [0.05, 0.1) is 5.25 Å². The van der Waals surface area contributed by atoms with Gasteiger partial charge < -0.3 is 5.73 Å². The predicted molar refractivity (Wildman–Crippen MR) is 66.3 cm³/mol. The number of benzene rings is 1. The quantitative estimate of drug-likeness (QED) is 0.914. The molecule has 1 aromatic rings. The molecule has 0 heterocycles. The number of hydrogen-bond acceptors (Lipinski definition) is 3. The summed E-state index contributed by atoms with van der Waals surface area (Å²) in [7, 11) is -3.46. The molecule has 1 aromatic carbocycles. The van der Waals surface area contributed by atoms with Gasteiger partial charge >= 0.3 is 0 Å². The first kappa shape index (κ1) is 12.1. The lowest BCUT2D eigenvalue weighted by Gasteiger charge is -2.38. The largest absolute Gasteiger partial charge is 0.321 e. The monoisotopic (exact) mass is 269 g/mol. The van der Waals surface area contributed by atoms with Crippen LogP contribution in [0.3, 0.4) is 0 Å². The van der Waals surface area contributed by atoms with Crippen LogP contribution >= 0.6 is 0 Å². The van der Waals surface area contributed by atoms with Crippen LogP contribution in [0.5, 0.6) is 0 Å². The van der Waals surface area contributed by atoms with Crippen LogP contribution in [0.15, 0.2) is 23.1 Å². The smallest absolute Gasteiger partial charge is 0.184 e. The summed E-state index contributed by atoms with van der Waals surface area (Å²) < 4.78 is 38.0. The van der Waals surface area contributed by atoms with Gasteiger partial charge in [-0.25, -0.2) is 12.8 Å². The average Bonchev–Trinajstić information content (AvgIpc) is 3.09. The van der Waals surface area contributed by atoms with E-state index in [0.717, 1.165) is 19.3 Å². The molecule has 0 spiro atoms. The van der Waals surface area contributed by atoms with E-state index in [1.807, 2.05) is 0 Å². The van der Waals surface area contributed by atoms with Crippen molar-refractivity contribution in [2.24, 2.45) is 5.73 Å². The van der Waals surface area contributed by atoms with E-state index in [1.165, 1.54) is 12.1 Å². The summed E-state index contributed by atoms with van der Waals surface area (Å²) in [6, 6.07) is 4.34. The molecule has 0 bridgehead atoms. The fraction of sp³-hybridized carbons (Fsp3) is 0.538. The molecule has 0 amide bonds. The van der Waals surface area contributed by atoms with Gasteiger partial charge in [-0.1, -0.05) is 6.07 Å². The lowest BCUT2D eigenvalue weighted by Crippen LogP contribution is -2.43. The van der Waals surface area contributed by atoms with E-state index in [9.17, 15) is 12.8 Å². The summed E-state index contributed by atoms with van der Waals surface area (Å²) in [5.41, 5.74) is 6.36. The molecule has 2 aliphatic rings. The SMILES string of the molecule is NC1(c2ccc(S(=O)(=O)C3CC3)c(F)c2)CCC1. The molecule has 3 nitrogen and oxygen atoms in total. The molecule has 0 saturated heterocycles. The summed E-state index contributed by atoms with van der Waals surface area (Å²) in [6.07, 6.45) is 4.00. The van der Waals surface area contributed by atoms with E-state index in [-0.39, 0.29) is 10.1 Å². The standard InChI is InChI=1S/C13H16FNO2S/c14-11-8-9(13(15)6-1-7-13)2-5-12(11)18(16,17)10-3-4-10/h2,5,8,10H,1,3-4,6-7,15H2. The molecule has 0 radical (unpaired) electrons. The van der Waals surface area contributed by atoms with Crippen molar-refractivity contribution in [3.05, 3.63) is 29.6 Å². The number of nitrogens with two attached hydrogens (primary N) is 1. The molecule has 3 rings (SSSR count). The summed E-state index contributed by atoms with van der Waals surface area (Å²) >= 11 is 0. The summed E-state index contributed by atoms with van der Waals surface area (Å²) in [5, 5.41) is -0.381. The molecule has 2 saturated carbocycles. The predicted octanol–water partition coefficient (Wildman–Crippen LogP) is 2.10. The van der Waals surface area contributed by atoms with Crippen molar-refractivity contribution in [2.45, 2.75) is 47.8 Å². The lowest BCUT2D eigenvalue weighted by molar-refractivity contribution is 0.252. The van der Waals surface area contributed by atoms with Crippen LogP contribution in [-0.2, 0) is 15.4 Å². The van der Waals surface area contributed by atoms with Gasteiger partial charge in [-0.05, 0) is 49.8 Å². The molecule has 0 aliphatic heterocycles. The molecular formula is C13H16FNO2S. The first-order valence-corrected chi connectivity index (χ1v) is 7.81. The fourth-order valence-electron chi connectivity index (χ4n) is 2.45. The molecule has 0 atom stereocenters. The molecule has 5 heteroatoms. The van der Waals surface area contributed by atoms with Crippen molar-refractivity contribution in [1.29, 1.82) is 0 Å². The average molecular weight is 269 g/mol. The van der Waals surface area contributed by atoms with Gasteiger partial charge in [0.15, 0.2) is 9.84 Å². The Balaban J connectivity index is 1.99. The highest BCUT2D eigenvalue weighted by molar-refractivity contribution is 7.92. The maximum Gasteiger partial charge on any atom is 0.184 e. The highest BCUT2D eigenvalue weighted by Gasteiger charge is 2.40. The summed E-state index contributed by atoms with van der Waals surface area (Å²) in [4.78, 5) is -0.170. The minimum absolute atomic E-state index is 0.170. The van der Waals surface area contributed by atoms with Crippen molar-refractivity contribution < 1.29 is 12.8 Å². The van der Waals surface area contributed by atoms with Gasteiger partial charge in [-0.3, -0.25) is 0 Å². The second kappa shape index (κ2) is 3.78. The van der Waals surface area contributed by atoms with E-state index in [1.54, 1.807) is 6.07 Å². The molecule has 0 aromatic heterocycles. The van der Waals surface area contributed by atoms with Crippen LogP contribution in [0, 0.1) is 5.82 Å². The van der Waals surface area contributed by atoms with E-state index in [2.05, 4.69) is 0 Å². The second-order valence-electron chi connectivity index (χ2n) is 5.40. The Morgan fingerprint density at radius 2 is 1.94 bits per heavy atom. The van der Waals surface area contributed by atoms with Gasteiger partial charge in [-0.15, -0.1) is 0 Å². The zero-order valence-corrected chi connectivity index (χ0v) is 10.8.